The lowest BCUT2D eigenvalue weighted by atomic mass is 9.69. The molecule has 7 nitrogen and oxygen atoms in total. The van der Waals surface area contributed by atoms with E-state index in [0.29, 0.717) is 12.0 Å². The van der Waals surface area contributed by atoms with Crippen LogP contribution in [0.1, 0.15) is 63.5 Å². The maximum absolute atomic E-state index is 14.4. The van der Waals surface area contributed by atoms with Crippen LogP contribution in [0.3, 0.4) is 0 Å². The second kappa shape index (κ2) is 12.2. The van der Waals surface area contributed by atoms with Gasteiger partial charge in [-0.2, -0.15) is 0 Å². The van der Waals surface area contributed by atoms with E-state index in [1.54, 1.807) is 6.07 Å². The molecule has 1 aromatic heterocycles. The number of hydrogen-bond acceptors (Lipinski definition) is 4. The first-order valence-electron chi connectivity index (χ1n) is 16.6. The maximum Gasteiger partial charge on any atom is 0.320 e. The number of benzene rings is 2. The second-order valence-electron chi connectivity index (χ2n) is 14.1. The number of amides is 2. The number of rotatable bonds is 6. The van der Waals surface area contributed by atoms with E-state index in [1.807, 2.05) is 41.1 Å². The molecule has 4 aliphatic rings. The van der Waals surface area contributed by atoms with Crippen LogP contribution in [-0.4, -0.2) is 64.8 Å². The second-order valence-corrected chi connectivity index (χ2v) is 14.1. The third-order valence-electron chi connectivity index (χ3n) is 10.9. The quantitative estimate of drug-likeness (QED) is 0.375. The van der Waals surface area contributed by atoms with Crippen molar-refractivity contribution in [2.24, 2.45) is 11.3 Å². The smallest absolute Gasteiger partial charge is 0.320 e. The third-order valence-corrected chi connectivity index (χ3v) is 10.9. The monoisotopic (exact) mass is 594 g/mol. The van der Waals surface area contributed by atoms with Crippen LogP contribution in [0.25, 0.3) is 11.1 Å². The molecular weight excluding hydrogens is 548 g/mol. The molecule has 1 saturated carbocycles. The van der Waals surface area contributed by atoms with Crippen LogP contribution in [0.2, 0.25) is 0 Å². The Balaban J connectivity index is 1.07. The number of likely N-dealkylation sites (tertiary alicyclic amines) is 2. The lowest BCUT2D eigenvalue weighted by Crippen LogP contribution is -2.63. The lowest BCUT2D eigenvalue weighted by Gasteiger charge is -2.50. The molecule has 3 aliphatic heterocycles. The molecule has 44 heavy (non-hydrogen) atoms. The molecule has 3 atom stereocenters. The summed E-state index contributed by atoms with van der Waals surface area (Å²) in [5.74, 6) is 0.389. The molecule has 0 bridgehead atoms. The van der Waals surface area contributed by atoms with Crippen LogP contribution >= 0.6 is 0 Å². The van der Waals surface area contributed by atoms with Gasteiger partial charge in [0.15, 0.2) is 0 Å². The molecule has 1 unspecified atom stereocenters. The summed E-state index contributed by atoms with van der Waals surface area (Å²) < 4.78 is 7.41. The van der Waals surface area contributed by atoms with Gasteiger partial charge in [-0.1, -0.05) is 73.5 Å². The van der Waals surface area contributed by atoms with Gasteiger partial charge >= 0.3 is 6.03 Å². The highest BCUT2D eigenvalue weighted by molar-refractivity contribution is 5.75. The van der Waals surface area contributed by atoms with Crippen LogP contribution in [-0.2, 0) is 11.3 Å². The number of aromatic nitrogens is 1. The van der Waals surface area contributed by atoms with Crippen LogP contribution in [0.5, 0.6) is 0 Å². The van der Waals surface area contributed by atoms with E-state index in [0.717, 1.165) is 82.6 Å². The Morgan fingerprint density at radius 1 is 0.932 bits per heavy atom. The molecule has 3 saturated heterocycles. The molecular formula is C37H46N4O3. The predicted molar refractivity (Wildman–Crippen MR) is 173 cm³/mol. The molecule has 1 spiro atoms. The average Bonchev–Trinajstić information content (AvgIpc) is 3.51. The zero-order valence-electron chi connectivity index (χ0n) is 26.0. The molecule has 4 heterocycles. The van der Waals surface area contributed by atoms with Crippen molar-refractivity contribution in [2.75, 3.05) is 32.8 Å². The fraction of sp³-hybridized carbons (Fsp3) is 0.514. The first-order chi connectivity index (χ1) is 21.4. The number of nitrogens with one attached hydrogen (secondary N) is 1. The molecule has 232 valence electrons. The Hall–Kier alpha value is -3.42. The number of nitrogens with zero attached hydrogens (tertiary/aromatic N) is 3. The topological polar surface area (TPSA) is 66.8 Å². The van der Waals surface area contributed by atoms with Gasteiger partial charge in [0, 0.05) is 44.5 Å². The van der Waals surface area contributed by atoms with E-state index in [2.05, 4.69) is 58.4 Å². The fourth-order valence-corrected chi connectivity index (χ4v) is 8.49. The molecule has 1 aliphatic carbocycles. The van der Waals surface area contributed by atoms with Crippen molar-refractivity contribution >= 4 is 6.03 Å². The van der Waals surface area contributed by atoms with Crippen molar-refractivity contribution in [1.82, 2.24) is 19.7 Å². The SMILES string of the molecule is CC1(N[C@@H]2CCN(C(=O)N3CC[C@@H](Cn4ccc(-c5ccccc5)cc4=O)C4(CCCC4)C3)C(c3ccccc3)C2)COC1. The number of ether oxygens (including phenoxy) is 1. The first-order valence-corrected chi connectivity index (χ1v) is 16.6. The Bertz CT molecular complexity index is 1500. The zero-order valence-corrected chi connectivity index (χ0v) is 26.0. The summed E-state index contributed by atoms with van der Waals surface area (Å²) in [6.45, 7) is 6.76. The van der Waals surface area contributed by atoms with E-state index in [9.17, 15) is 9.59 Å². The van der Waals surface area contributed by atoms with Crippen molar-refractivity contribution in [3.8, 4) is 11.1 Å². The Morgan fingerprint density at radius 2 is 1.66 bits per heavy atom. The van der Waals surface area contributed by atoms with Gasteiger partial charge in [0.1, 0.15) is 0 Å². The van der Waals surface area contributed by atoms with Gasteiger partial charge < -0.3 is 24.4 Å². The minimum atomic E-state index is 0.0403. The van der Waals surface area contributed by atoms with Crippen LogP contribution in [0, 0.1) is 11.3 Å². The van der Waals surface area contributed by atoms with Crippen molar-refractivity contribution in [1.29, 1.82) is 0 Å². The summed E-state index contributed by atoms with van der Waals surface area (Å²) in [4.78, 5) is 32.0. The molecule has 7 rings (SSSR count). The van der Waals surface area contributed by atoms with E-state index in [-0.39, 0.29) is 28.6 Å². The Kier molecular flexibility index (Phi) is 8.10. The summed E-state index contributed by atoms with van der Waals surface area (Å²) >= 11 is 0. The van der Waals surface area contributed by atoms with Gasteiger partial charge in [-0.3, -0.25) is 4.79 Å². The molecule has 7 heteroatoms. The number of carbonyl (C=O) groups is 1. The van der Waals surface area contributed by atoms with Crippen LogP contribution < -0.4 is 10.9 Å². The summed E-state index contributed by atoms with van der Waals surface area (Å²) in [6, 6.07) is 25.1. The normalized spacial score (nSPS) is 26.0. The zero-order chi connectivity index (χ0) is 30.1. The molecule has 0 radical (unpaired) electrons. The van der Waals surface area contributed by atoms with Crippen LogP contribution in [0.15, 0.2) is 83.8 Å². The lowest BCUT2D eigenvalue weighted by molar-refractivity contribution is -0.0735. The average molecular weight is 595 g/mol. The summed E-state index contributed by atoms with van der Waals surface area (Å²) in [7, 11) is 0. The van der Waals surface area contributed by atoms with Crippen LogP contribution in [0.4, 0.5) is 4.79 Å². The number of hydrogen-bond donors (Lipinski definition) is 1. The number of carbonyl (C=O) groups excluding carboxylic acids is 1. The molecule has 4 fully saturated rings. The molecule has 3 aromatic rings. The van der Waals surface area contributed by atoms with E-state index < -0.39 is 0 Å². The van der Waals surface area contributed by atoms with Gasteiger partial charge in [0.2, 0.25) is 0 Å². The maximum atomic E-state index is 14.4. The Labute approximate surface area is 261 Å². The number of urea groups is 1. The van der Waals surface area contributed by atoms with Crippen molar-refractivity contribution < 1.29 is 9.53 Å². The van der Waals surface area contributed by atoms with E-state index in [1.165, 1.54) is 18.4 Å². The summed E-state index contributed by atoms with van der Waals surface area (Å²) in [5.41, 5.74) is 3.42. The standard InChI is InChI=1S/C37H46N4O3/c1-36(26-44-27-36)38-32-16-21-41(33(23-32)29-12-6-3-7-13-29)35(43)40-20-15-31(37(25-40)17-8-9-18-37)24-39-19-14-30(22-34(39)42)28-10-4-2-5-11-28/h2-7,10-14,19,22,31-33,38H,8-9,15-18,20-21,23-27H2,1H3/t31-,32+,33?/m0/s1. The number of piperidine rings is 2. The Morgan fingerprint density at radius 3 is 2.34 bits per heavy atom. The molecule has 1 N–H and O–H groups in total. The van der Waals surface area contributed by atoms with Gasteiger partial charge in [-0.15, -0.1) is 0 Å². The fourth-order valence-electron chi connectivity index (χ4n) is 8.49. The highest BCUT2D eigenvalue weighted by Crippen LogP contribution is 2.49. The van der Waals surface area contributed by atoms with Gasteiger partial charge in [-0.05, 0) is 73.1 Å². The van der Waals surface area contributed by atoms with Gasteiger partial charge in [0.05, 0.1) is 24.8 Å². The molecule has 2 aromatic carbocycles. The van der Waals surface area contributed by atoms with Crippen molar-refractivity contribution in [2.45, 2.75) is 76.0 Å². The molecule has 2 amide bonds. The van der Waals surface area contributed by atoms with E-state index >= 15 is 0 Å². The summed E-state index contributed by atoms with van der Waals surface area (Å²) in [5, 5.41) is 3.85. The van der Waals surface area contributed by atoms with Crippen molar-refractivity contribution in [3.05, 3.63) is 94.9 Å². The summed E-state index contributed by atoms with van der Waals surface area (Å²) in [6.07, 6.45) is 9.44. The van der Waals surface area contributed by atoms with E-state index in [4.69, 9.17) is 4.74 Å². The predicted octanol–water partition coefficient (Wildman–Crippen LogP) is 6.10. The third kappa shape index (κ3) is 5.84. The van der Waals surface area contributed by atoms with Gasteiger partial charge in [-0.25, -0.2) is 4.79 Å². The van der Waals surface area contributed by atoms with Crippen molar-refractivity contribution in [3.63, 3.8) is 0 Å². The highest BCUT2D eigenvalue weighted by atomic mass is 16.5. The minimum Gasteiger partial charge on any atom is -0.377 e. The first kappa shape index (κ1) is 29.3. The largest absolute Gasteiger partial charge is 0.377 e. The minimum absolute atomic E-state index is 0.0403. The number of pyridine rings is 1. The highest BCUT2D eigenvalue weighted by Gasteiger charge is 2.48. The van der Waals surface area contributed by atoms with Gasteiger partial charge in [0.25, 0.3) is 5.56 Å².